The smallest absolute Gasteiger partial charge is 0.305 e. The van der Waals surface area contributed by atoms with Crippen LogP contribution in [0.4, 0.5) is 0 Å². The Hall–Kier alpha value is -1.06. The van der Waals surface area contributed by atoms with Crippen LogP contribution in [0.1, 0.15) is 19.8 Å². The summed E-state index contributed by atoms with van der Waals surface area (Å²) >= 11 is 0. The summed E-state index contributed by atoms with van der Waals surface area (Å²) in [5.41, 5.74) is 0. The van der Waals surface area contributed by atoms with Crippen LogP contribution in [0.25, 0.3) is 0 Å². The Morgan fingerprint density at radius 2 is 2.45 bits per heavy atom. The standard InChI is InChI=1S/C7H11NO3/c1-5(4-7(10)11)8-3-2-6(8)9/h5H,2-4H2,1H3,(H,10,11). The molecule has 0 aromatic heterocycles. The third-order valence-electron chi connectivity index (χ3n) is 1.89. The number of carbonyl (C=O) groups is 2. The van der Waals surface area contributed by atoms with Gasteiger partial charge in [0.15, 0.2) is 0 Å². The number of likely N-dealkylation sites (tertiary alicyclic amines) is 1. The molecule has 1 aliphatic rings. The van der Waals surface area contributed by atoms with Crippen LogP contribution in [0, 0.1) is 0 Å². The normalized spacial score (nSPS) is 19.4. The first-order valence-corrected chi connectivity index (χ1v) is 3.62. The van der Waals surface area contributed by atoms with Crippen LogP contribution in [0.15, 0.2) is 0 Å². The van der Waals surface area contributed by atoms with E-state index < -0.39 is 5.97 Å². The molecule has 1 saturated heterocycles. The van der Waals surface area contributed by atoms with Crippen molar-refractivity contribution in [3.05, 3.63) is 0 Å². The van der Waals surface area contributed by atoms with Crippen LogP contribution in [0.2, 0.25) is 0 Å². The first kappa shape index (κ1) is 8.04. The zero-order valence-corrected chi connectivity index (χ0v) is 6.41. The number of amides is 1. The molecule has 4 heteroatoms. The molecule has 1 heterocycles. The molecule has 1 N–H and O–H groups in total. The second-order valence-electron chi connectivity index (χ2n) is 2.78. The molecule has 0 spiro atoms. The van der Waals surface area contributed by atoms with Gasteiger partial charge >= 0.3 is 5.97 Å². The molecule has 62 valence electrons. The second-order valence-corrected chi connectivity index (χ2v) is 2.78. The number of carboxylic acids is 1. The van der Waals surface area contributed by atoms with Crippen LogP contribution in [-0.4, -0.2) is 34.5 Å². The van der Waals surface area contributed by atoms with E-state index in [1.165, 1.54) is 0 Å². The quantitative estimate of drug-likeness (QED) is 0.590. The molecule has 1 fully saturated rings. The van der Waals surface area contributed by atoms with E-state index >= 15 is 0 Å². The molecule has 0 bridgehead atoms. The van der Waals surface area contributed by atoms with Crippen LogP contribution in [-0.2, 0) is 9.59 Å². The number of nitrogens with zero attached hydrogens (tertiary/aromatic N) is 1. The van der Waals surface area contributed by atoms with E-state index in [2.05, 4.69) is 0 Å². The summed E-state index contributed by atoms with van der Waals surface area (Å²) in [6.07, 6.45) is 0.621. The highest BCUT2D eigenvalue weighted by molar-refractivity contribution is 5.82. The Bertz CT molecular complexity index is 190. The van der Waals surface area contributed by atoms with E-state index in [1.807, 2.05) is 0 Å². The van der Waals surface area contributed by atoms with Gasteiger partial charge in [-0.25, -0.2) is 0 Å². The van der Waals surface area contributed by atoms with Gasteiger partial charge in [0.05, 0.1) is 6.42 Å². The lowest BCUT2D eigenvalue weighted by atomic mass is 10.1. The van der Waals surface area contributed by atoms with E-state index in [4.69, 9.17) is 5.11 Å². The van der Waals surface area contributed by atoms with E-state index in [0.717, 1.165) is 0 Å². The van der Waals surface area contributed by atoms with Crippen molar-refractivity contribution < 1.29 is 14.7 Å². The average molecular weight is 157 g/mol. The lowest BCUT2D eigenvalue weighted by Crippen LogP contribution is -2.49. The minimum absolute atomic E-state index is 0.0474. The summed E-state index contributed by atoms with van der Waals surface area (Å²) in [7, 11) is 0. The largest absolute Gasteiger partial charge is 0.481 e. The highest BCUT2D eigenvalue weighted by atomic mass is 16.4. The third-order valence-corrected chi connectivity index (χ3v) is 1.89. The molecular formula is C7H11NO3. The zero-order valence-electron chi connectivity index (χ0n) is 6.41. The topological polar surface area (TPSA) is 57.6 Å². The van der Waals surface area contributed by atoms with Crippen molar-refractivity contribution in [1.29, 1.82) is 0 Å². The van der Waals surface area contributed by atoms with Gasteiger partial charge in [0.25, 0.3) is 0 Å². The van der Waals surface area contributed by atoms with Gasteiger partial charge in [-0.1, -0.05) is 0 Å². The van der Waals surface area contributed by atoms with Gasteiger partial charge in [-0.3, -0.25) is 9.59 Å². The predicted octanol–water partition coefficient (Wildman–Crippen LogP) is 0.0819. The molecule has 1 amide bonds. The van der Waals surface area contributed by atoms with Crippen LogP contribution in [0.3, 0.4) is 0 Å². The number of aliphatic carboxylic acids is 1. The number of rotatable bonds is 3. The van der Waals surface area contributed by atoms with Crippen molar-refractivity contribution in [3.8, 4) is 0 Å². The summed E-state index contributed by atoms with van der Waals surface area (Å²) in [5.74, 6) is -0.782. The van der Waals surface area contributed by atoms with Gasteiger partial charge in [-0.05, 0) is 6.92 Å². The van der Waals surface area contributed by atoms with Crippen LogP contribution in [0.5, 0.6) is 0 Å². The second kappa shape index (κ2) is 2.90. The van der Waals surface area contributed by atoms with E-state index in [1.54, 1.807) is 11.8 Å². The zero-order chi connectivity index (χ0) is 8.43. The highest BCUT2D eigenvalue weighted by Gasteiger charge is 2.29. The molecule has 0 saturated carbocycles. The summed E-state index contributed by atoms with van der Waals surface area (Å²) in [6.45, 7) is 2.47. The van der Waals surface area contributed by atoms with Gasteiger partial charge in [-0.2, -0.15) is 0 Å². The SMILES string of the molecule is CC(CC(=O)O)N1CCC1=O. The lowest BCUT2D eigenvalue weighted by Gasteiger charge is -2.35. The van der Waals surface area contributed by atoms with Gasteiger partial charge in [0, 0.05) is 19.0 Å². The van der Waals surface area contributed by atoms with Crippen LogP contribution < -0.4 is 0 Å². The Balaban J connectivity index is 2.35. The van der Waals surface area contributed by atoms with Crippen molar-refractivity contribution in [1.82, 2.24) is 4.90 Å². The Labute approximate surface area is 64.8 Å². The van der Waals surface area contributed by atoms with Gasteiger partial charge in [0.2, 0.25) is 5.91 Å². The fourth-order valence-electron chi connectivity index (χ4n) is 1.16. The molecule has 1 aliphatic heterocycles. The molecular weight excluding hydrogens is 146 g/mol. The highest BCUT2D eigenvalue weighted by Crippen LogP contribution is 2.14. The summed E-state index contributed by atoms with van der Waals surface area (Å²) in [6, 6.07) is -0.145. The average Bonchev–Trinajstić information content (AvgIpc) is 1.82. The first-order valence-electron chi connectivity index (χ1n) is 3.62. The maximum atomic E-state index is 10.8. The Morgan fingerprint density at radius 3 is 2.73 bits per heavy atom. The molecule has 1 rings (SSSR count). The third kappa shape index (κ3) is 1.69. The van der Waals surface area contributed by atoms with Crippen molar-refractivity contribution in [2.75, 3.05) is 6.54 Å². The number of hydrogen-bond acceptors (Lipinski definition) is 2. The molecule has 0 aromatic rings. The number of hydrogen-bond donors (Lipinski definition) is 1. The van der Waals surface area contributed by atoms with Crippen molar-refractivity contribution in [2.24, 2.45) is 0 Å². The van der Waals surface area contributed by atoms with Gasteiger partial charge < -0.3 is 10.0 Å². The molecule has 0 aromatic carbocycles. The maximum absolute atomic E-state index is 10.8. The lowest BCUT2D eigenvalue weighted by molar-refractivity contribution is -0.145. The monoisotopic (exact) mass is 157 g/mol. The fourth-order valence-corrected chi connectivity index (χ4v) is 1.16. The number of carboxylic acid groups (broad SMARTS) is 1. The fraction of sp³-hybridized carbons (Fsp3) is 0.714. The summed E-state index contributed by atoms with van der Waals surface area (Å²) in [4.78, 5) is 22.6. The Morgan fingerprint density at radius 1 is 1.82 bits per heavy atom. The molecule has 0 aliphatic carbocycles. The van der Waals surface area contributed by atoms with Crippen molar-refractivity contribution >= 4 is 11.9 Å². The van der Waals surface area contributed by atoms with E-state index in [-0.39, 0.29) is 18.4 Å². The van der Waals surface area contributed by atoms with E-state index in [9.17, 15) is 9.59 Å². The minimum Gasteiger partial charge on any atom is -0.481 e. The maximum Gasteiger partial charge on any atom is 0.305 e. The number of β-lactam (4-membered cyclic amide) rings is 1. The number of carbonyl (C=O) groups excluding carboxylic acids is 1. The summed E-state index contributed by atoms with van der Waals surface area (Å²) in [5, 5.41) is 8.40. The summed E-state index contributed by atoms with van der Waals surface area (Å²) < 4.78 is 0. The van der Waals surface area contributed by atoms with Gasteiger partial charge in [0.1, 0.15) is 0 Å². The molecule has 0 radical (unpaired) electrons. The van der Waals surface area contributed by atoms with Crippen molar-refractivity contribution in [3.63, 3.8) is 0 Å². The van der Waals surface area contributed by atoms with Crippen LogP contribution >= 0.6 is 0 Å². The Kier molecular flexibility index (Phi) is 2.12. The molecule has 11 heavy (non-hydrogen) atoms. The molecule has 1 atom stereocenters. The molecule has 1 unspecified atom stereocenters. The minimum atomic E-state index is -0.850. The first-order chi connectivity index (χ1) is 5.11. The predicted molar refractivity (Wildman–Crippen MR) is 38.0 cm³/mol. The van der Waals surface area contributed by atoms with Crippen molar-refractivity contribution in [2.45, 2.75) is 25.8 Å². The van der Waals surface area contributed by atoms with Gasteiger partial charge in [-0.15, -0.1) is 0 Å². The molecule has 4 nitrogen and oxygen atoms in total. The van der Waals surface area contributed by atoms with E-state index in [0.29, 0.717) is 13.0 Å².